The number of nitrogens with one attached hydrogen (secondary N) is 2. The van der Waals surface area contributed by atoms with Crippen molar-refractivity contribution >= 4 is 0 Å². The standard InChI is InChI=1S/C8H9N5O/c1-2-5-3-7(14)11-8(10-5)6-4-9-13-12-6/h3-4H,2H2,1H3,(H,9,12,13)(H,10,11,14). The minimum absolute atomic E-state index is 0.171. The molecule has 0 aliphatic heterocycles. The van der Waals surface area contributed by atoms with Gasteiger partial charge in [-0.1, -0.05) is 6.92 Å². The molecule has 6 nitrogen and oxygen atoms in total. The number of hydrogen-bond donors (Lipinski definition) is 2. The predicted octanol–water partition coefficient (Wildman–Crippen LogP) is 0.117. The van der Waals surface area contributed by atoms with Crippen LogP contribution in [0.2, 0.25) is 0 Å². The van der Waals surface area contributed by atoms with Crippen LogP contribution in [0.25, 0.3) is 11.5 Å². The van der Waals surface area contributed by atoms with E-state index in [0.29, 0.717) is 11.5 Å². The van der Waals surface area contributed by atoms with E-state index in [1.165, 1.54) is 12.3 Å². The monoisotopic (exact) mass is 191 g/mol. The number of aryl methyl sites for hydroxylation is 1. The topological polar surface area (TPSA) is 87.3 Å². The third kappa shape index (κ3) is 1.54. The van der Waals surface area contributed by atoms with Gasteiger partial charge in [-0.05, 0) is 6.42 Å². The van der Waals surface area contributed by atoms with Crippen LogP contribution in [0.3, 0.4) is 0 Å². The highest BCUT2D eigenvalue weighted by atomic mass is 16.1. The second kappa shape index (κ2) is 3.41. The Kier molecular flexibility index (Phi) is 2.10. The molecule has 0 atom stereocenters. The van der Waals surface area contributed by atoms with Crippen LogP contribution < -0.4 is 5.56 Å². The maximum absolute atomic E-state index is 11.2. The van der Waals surface area contributed by atoms with Gasteiger partial charge in [0.2, 0.25) is 0 Å². The lowest BCUT2D eigenvalue weighted by Crippen LogP contribution is -2.10. The Bertz CT molecular complexity index is 473. The molecule has 0 bridgehead atoms. The molecule has 2 N–H and O–H groups in total. The van der Waals surface area contributed by atoms with Crippen LogP contribution in [0, 0.1) is 0 Å². The first-order valence-corrected chi connectivity index (χ1v) is 4.26. The molecule has 0 radical (unpaired) electrons. The van der Waals surface area contributed by atoms with Crippen molar-refractivity contribution in [1.82, 2.24) is 25.4 Å². The molecule has 2 rings (SSSR count). The van der Waals surface area contributed by atoms with Crippen LogP contribution in [-0.2, 0) is 6.42 Å². The molecule has 0 amide bonds. The molecule has 0 saturated heterocycles. The molecular formula is C8H9N5O. The number of rotatable bonds is 2. The van der Waals surface area contributed by atoms with E-state index in [2.05, 4.69) is 25.4 Å². The van der Waals surface area contributed by atoms with Crippen molar-refractivity contribution in [2.75, 3.05) is 0 Å². The van der Waals surface area contributed by atoms with E-state index < -0.39 is 0 Å². The third-order valence-corrected chi connectivity index (χ3v) is 1.81. The van der Waals surface area contributed by atoms with Gasteiger partial charge < -0.3 is 4.98 Å². The number of aromatic amines is 2. The molecule has 14 heavy (non-hydrogen) atoms. The summed E-state index contributed by atoms with van der Waals surface area (Å²) >= 11 is 0. The number of H-pyrrole nitrogens is 2. The zero-order valence-corrected chi connectivity index (χ0v) is 7.61. The highest BCUT2D eigenvalue weighted by Gasteiger charge is 2.04. The lowest BCUT2D eigenvalue weighted by atomic mass is 10.3. The molecule has 0 aliphatic rings. The van der Waals surface area contributed by atoms with Crippen molar-refractivity contribution in [3.8, 4) is 11.5 Å². The third-order valence-electron chi connectivity index (χ3n) is 1.81. The minimum Gasteiger partial charge on any atom is -0.305 e. The Morgan fingerprint density at radius 3 is 3.00 bits per heavy atom. The average molecular weight is 191 g/mol. The fraction of sp³-hybridized carbons (Fsp3) is 0.250. The van der Waals surface area contributed by atoms with E-state index in [1.807, 2.05) is 6.92 Å². The van der Waals surface area contributed by atoms with E-state index in [0.717, 1.165) is 12.1 Å². The molecule has 2 heterocycles. The fourth-order valence-electron chi connectivity index (χ4n) is 1.13. The number of hydrogen-bond acceptors (Lipinski definition) is 4. The minimum atomic E-state index is -0.171. The number of nitrogens with zero attached hydrogens (tertiary/aromatic N) is 3. The second-order valence-corrected chi connectivity index (χ2v) is 2.79. The summed E-state index contributed by atoms with van der Waals surface area (Å²) in [7, 11) is 0. The van der Waals surface area contributed by atoms with Gasteiger partial charge in [-0.2, -0.15) is 15.4 Å². The van der Waals surface area contributed by atoms with E-state index in [-0.39, 0.29) is 5.56 Å². The zero-order chi connectivity index (χ0) is 9.97. The Hall–Kier alpha value is -1.98. The molecule has 0 aromatic carbocycles. The van der Waals surface area contributed by atoms with E-state index in [1.54, 1.807) is 0 Å². The molecule has 6 heteroatoms. The Labute approximate surface area is 79.4 Å². The lowest BCUT2D eigenvalue weighted by molar-refractivity contribution is 0.931. The zero-order valence-electron chi connectivity index (χ0n) is 7.61. The summed E-state index contributed by atoms with van der Waals surface area (Å²) in [5, 5.41) is 9.94. The molecule has 2 aromatic rings. The van der Waals surface area contributed by atoms with Crippen molar-refractivity contribution in [3.05, 3.63) is 28.3 Å². The van der Waals surface area contributed by atoms with Gasteiger partial charge in [0.05, 0.1) is 6.20 Å². The Balaban J connectivity index is 2.54. The summed E-state index contributed by atoms with van der Waals surface area (Å²) < 4.78 is 0. The molecule has 72 valence electrons. The summed E-state index contributed by atoms with van der Waals surface area (Å²) in [5.74, 6) is 0.447. The predicted molar refractivity (Wildman–Crippen MR) is 49.6 cm³/mol. The van der Waals surface area contributed by atoms with E-state index in [9.17, 15) is 4.79 Å². The fourth-order valence-corrected chi connectivity index (χ4v) is 1.13. The van der Waals surface area contributed by atoms with Crippen molar-refractivity contribution in [3.63, 3.8) is 0 Å². The smallest absolute Gasteiger partial charge is 0.251 e. The first-order valence-electron chi connectivity index (χ1n) is 4.26. The van der Waals surface area contributed by atoms with Crippen molar-refractivity contribution in [2.45, 2.75) is 13.3 Å². The highest BCUT2D eigenvalue weighted by Crippen LogP contribution is 2.06. The van der Waals surface area contributed by atoms with Gasteiger partial charge in [-0.15, -0.1) is 0 Å². The number of aromatic nitrogens is 5. The summed E-state index contributed by atoms with van der Waals surface area (Å²) in [6.45, 7) is 1.94. The Morgan fingerprint density at radius 1 is 1.50 bits per heavy atom. The molecule has 2 aromatic heterocycles. The summed E-state index contributed by atoms with van der Waals surface area (Å²) in [6.07, 6.45) is 2.23. The Morgan fingerprint density at radius 2 is 2.36 bits per heavy atom. The van der Waals surface area contributed by atoms with Crippen LogP contribution >= 0.6 is 0 Å². The van der Waals surface area contributed by atoms with E-state index in [4.69, 9.17) is 0 Å². The van der Waals surface area contributed by atoms with Crippen molar-refractivity contribution in [2.24, 2.45) is 0 Å². The van der Waals surface area contributed by atoms with Crippen LogP contribution in [-0.4, -0.2) is 25.4 Å². The van der Waals surface area contributed by atoms with Gasteiger partial charge in [-0.3, -0.25) is 4.79 Å². The summed E-state index contributed by atoms with van der Waals surface area (Å²) in [5.41, 5.74) is 1.11. The average Bonchev–Trinajstić information content (AvgIpc) is 2.69. The highest BCUT2D eigenvalue weighted by molar-refractivity contribution is 5.45. The molecule has 0 saturated carbocycles. The first-order chi connectivity index (χ1) is 6.79. The first kappa shape index (κ1) is 8.61. The summed E-state index contributed by atoms with van der Waals surface area (Å²) in [6, 6.07) is 1.48. The molecule has 0 fully saturated rings. The van der Waals surface area contributed by atoms with Gasteiger partial charge in [0.15, 0.2) is 5.82 Å². The van der Waals surface area contributed by atoms with Gasteiger partial charge in [0.1, 0.15) is 5.69 Å². The van der Waals surface area contributed by atoms with Crippen LogP contribution in [0.5, 0.6) is 0 Å². The van der Waals surface area contributed by atoms with Crippen molar-refractivity contribution in [1.29, 1.82) is 0 Å². The van der Waals surface area contributed by atoms with Gasteiger partial charge in [0, 0.05) is 11.8 Å². The molecular weight excluding hydrogens is 182 g/mol. The largest absolute Gasteiger partial charge is 0.305 e. The lowest BCUT2D eigenvalue weighted by Gasteiger charge is -1.97. The molecule has 0 aliphatic carbocycles. The van der Waals surface area contributed by atoms with Gasteiger partial charge in [0.25, 0.3) is 5.56 Å². The molecule has 0 spiro atoms. The SMILES string of the molecule is CCc1cc(=O)[nH]c(-c2cn[nH]n2)n1. The van der Waals surface area contributed by atoms with Crippen molar-refractivity contribution < 1.29 is 0 Å². The van der Waals surface area contributed by atoms with E-state index >= 15 is 0 Å². The maximum Gasteiger partial charge on any atom is 0.251 e. The van der Waals surface area contributed by atoms with Gasteiger partial charge >= 0.3 is 0 Å². The quantitative estimate of drug-likeness (QED) is 0.705. The maximum atomic E-state index is 11.2. The van der Waals surface area contributed by atoms with Crippen LogP contribution in [0.1, 0.15) is 12.6 Å². The second-order valence-electron chi connectivity index (χ2n) is 2.79. The van der Waals surface area contributed by atoms with Crippen LogP contribution in [0.15, 0.2) is 17.1 Å². The molecule has 0 unspecified atom stereocenters. The van der Waals surface area contributed by atoms with Crippen LogP contribution in [0.4, 0.5) is 0 Å². The normalized spacial score (nSPS) is 10.4. The summed E-state index contributed by atoms with van der Waals surface area (Å²) in [4.78, 5) is 18.0. The van der Waals surface area contributed by atoms with Gasteiger partial charge in [-0.25, -0.2) is 4.98 Å².